The van der Waals surface area contributed by atoms with Crippen molar-refractivity contribution in [3.63, 3.8) is 0 Å². The van der Waals surface area contributed by atoms with Gasteiger partial charge in [0.15, 0.2) is 5.65 Å². The van der Waals surface area contributed by atoms with Crippen molar-refractivity contribution >= 4 is 11.6 Å². The van der Waals surface area contributed by atoms with Crippen LogP contribution >= 0.6 is 0 Å². The Hall–Kier alpha value is -4.65. The highest BCUT2D eigenvalue weighted by Crippen LogP contribution is 2.25. The molecule has 5 rings (SSSR count). The zero-order chi connectivity index (χ0) is 24.2. The number of nitrogens with zero attached hydrogens (tertiary/aromatic N) is 2. The molecule has 174 valence electrons. The number of rotatable bonds is 8. The Morgan fingerprint density at radius 2 is 1.54 bits per heavy atom. The number of aromatic nitrogens is 3. The lowest BCUT2D eigenvalue weighted by Crippen LogP contribution is -2.22. The first-order valence-electron chi connectivity index (χ1n) is 11.3. The SMILES string of the molecule is O=C(O)c1cc2nc(-c3ccc(OCc4ccccc4)cc3)c(CCc3ccccc3)c(=O)n2[nH]1. The quantitative estimate of drug-likeness (QED) is 0.345. The van der Waals surface area contributed by atoms with Gasteiger partial charge < -0.3 is 9.84 Å². The van der Waals surface area contributed by atoms with Crippen molar-refractivity contribution in [2.45, 2.75) is 19.4 Å². The Morgan fingerprint density at radius 1 is 0.886 bits per heavy atom. The van der Waals surface area contributed by atoms with Crippen molar-refractivity contribution in [3.05, 3.63) is 124 Å². The number of hydrogen-bond donors (Lipinski definition) is 2. The normalized spacial score (nSPS) is 11.0. The van der Waals surface area contributed by atoms with Crippen LogP contribution < -0.4 is 10.3 Å². The zero-order valence-electron chi connectivity index (χ0n) is 18.8. The number of aryl methyl sites for hydroxylation is 1. The van der Waals surface area contributed by atoms with Gasteiger partial charge in [-0.25, -0.2) is 14.3 Å². The van der Waals surface area contributed by atoms with E-state index in [9.17, 15) is 14.7 Å². The molecule has 3 aromatic carbocycles. The van der Waals surface area contributed by atoms with Gasteiger partial charge >= 0.3 is 5.97 Å². The van der Waals surface area contributed by atoms with Gasteiger partial charge in [0.05, 0.1) is 5.69 Å². The number of ether oxygens (including phenoxy) is 1. The molecule has 0 aliphatic rings. The molecular formula is C28H23N3O4. The third kappa shape index (κ3) is 4.84. The number of benzene rings is 3. The first kappa shape index (κ1) is 22.2. The van der Waals surface area contributed by atoms with Crippen LogP contribution in [0.1, 0.15) is 27.2 Å². The Labute approximate surface area is 201 Å². The van der Waals surface area contributed by atoms with Crippen LogP contribution in [0.3, 0.4) is 0 Å². The maximum absolute atomic E-state index is 13.4. The zero-order valence-corrected chi connectivity index (χ0v) is 18.8. The topological polar surface area (TPSA) is 96.7 Å². The maximum atomic E-state index is 13.4. The lowest BCUT2D eigenvalue weighted by molar-refractivity contribution is 0.0690. The summed E-state index contributed by atoms with van der Waals surface area (Å²) in [7, 11) is 0. The highest BCUT2D eigenvalue weighted by atomic mass is 16.5. The van der Waals surface area contributed by atoms with Crippen molar-refractivity contribution in [3.8, 4) is 17.0 Å². The van der Waals surface area contributed by atoms with Crippen LogP contribution in [0, 0.1) is 0 Å². The summed E-state index contributed by atoms with van der Waals surface area (Å²) in [6.07, 6.45) is 1.11. The lowest BCUT2D eigenvalue weighted by atomic mass is 10.0. The third-order valence-corrected chi connectivity index (χ3v) is 5.82. The van der Waals surface area contributed by atoms with E-state index >= 15 is 0 Å². The molecular weight excluding hydrogens is 442 g/mol. The average molecular weight is 466 g/mol. The third-order valence-electron chi connectivity index (χ3n) is 5.82. The van der Waals surface area contributed by atoms with Gasteiger partial charge in [-0.3, -0.25) is 9.89 Å². The average Bonchev–Trinajstić information content (AvgIpc) is 3.34. The summed E-state index contributed by atoms with van der Waals surface area (Å²) in [5.74, 6) is -0.446. The Kier molecular flexibility index (Phi) is 6.13. The molecule has 2 heterocycles. The second-order valence-corrected chi connectivity index (χ2v) is 8.20. The summed E-state index contributed by atoms with van der Waals surface area (Å²) >= 11 is 0. The lowest BCUT2D eigenvalue weighted by Gasteiger charge is -2.11. The fourth-order valence-corrected chi connectivity index (χ4v) is 4.00. The summed E-state index contributed by atoms with van der Waals surface area (Å²) in [5, 5.41) is 12.0. The number of carboxylic acids is 1. The number of H-pyrrole nitrogens is 1. The van der Waals surface area contributed by atoms with Crippen LogP contribution in [0.25, 0.3) is 16.9 Å². The van der Waals surface area contributed by atoms with Crippen molar-refractivity contribution in [2.24, 2.45) is 0 Å². The molecule has 0 aliphatic heterocycles. The fraction of sp³-hybridized carbons (Fsp3) is 0.107. The first-order chi connectivity index (χ1) is 17.1. The van der Waals surface area contributed by atoms with E-state index in [2.05, 4.69) is 10.1 Å². The largest absolute Gasteiger partial charge is 0.489 e. The molecule has 5 aromatic rings. The van der Waals surface area contributed by atoms with E-state index in [0.717, 1.165) is 16.7 Å². The van der Waals surface area contributed by atoms with Crippen LogP contribution in [0.15, 0.2) is 95.8 Å². The summed E-state index contributed by atoms with van der Waals surface area (Å²) in [6.45, 7) is 0.454. The molecule has 0 amide bonds. The Bertz CT molecular complexity index is 1520. The van der Waals surface area contributed by atoms with E-state index in [0.29, 0.717) is 36.5 Å². The van der Waals surface area contributed by atoms with E-state index < -0.39 is 5.97 Å². The van der Waals surface area contributed by atoms with Gasteiger partial charge in [-0.05, 0) is 48.2 Å². The van der Waals surface area contributed by atoms with Crippen LogP contribution in [0.2, 0.25) is 0 Å². The second kappa shape index (κ2) is 9.69. The van der Waals surface area contributed by atoms with Crippen LogP contribution in [-0.4, -0.2) is 25.7 Å². The van der Waals surface area contributed by atoms with Gasteiger partial charge in [0.2, 0.25) is 0 Å². The molecule has 35 heavy (non-hydrogen) atoms. The molecule has 0 radical (unpaired) electrons. The van der Waals surface area contributed by atoms with E-state index in [4.69, 9.17) is 4.74 Å². The standard InChI is InChI=1S/C28H23N3O4/c32-27-23(16-11-19-7-3-1-4-8-19)26(29-25-17-24(28(33)34)30-31(25)27)21-12-14-22(15-13-21)35-18-20-9-5-2-6-10-20/h1-10,12-15,17,30H,11,16,18H2,(H,33,34). The molecule has 0 fully saturated rings. The number of carboxylic acid groups (broad SMARTS) is 1. The minimum absolute atomic E-state index is 0.0922. The van der Waals surface area contributed by atoms with E-state index in [1.54, 1.807) is 0 Å². The van der Waals surface area contributed by atoms with Gasteiger partial charge in [-0.2, -0.15) is 0 Å². The van der Waals surface area contributed by atoms with Gasteiger partial charge in [-0.1, -0.05) is 60.7 Å². The number of aromatic carboxylic acids is 1. The van der Waals surface area contributed by atoms with Crippen molar-refractivity contribution in [1.82, 2.24) is 14.6 Å². The number of hydrogen-bond acceptors (Lipinski definition) is 4. The molecule has 7 heteroatoms. The molecule has 0 unspecified atom stereocenters. The van der Waals surface area contributed by atoms with Crippen LogP contribution in [-0.2, 0) is 19.4 Å². The van der Waals surface area contributed by atoms with Crippen molar-refractivity contribution < 1.29 is 14.6 Å². The summed E-state index contributed by atoms with van der Waals surface area (Å²) in [6, 6.07) is 28.6. The number of carbonyl (C=O) groups is 1. The minimum atomic E-state index is -1.15. The minimum Gasteiger partial charge on any atom is -0.489 e. The monoisotopic (exact) mass is 465 g/mol. The van der Waals surface area contributed by atoms with Crippen molar-refractivity contribution in [2.75, 3.05) is 0 Å². The predicted molar refractivity (Wildman–Crippen MR) is 133 cm³/mol. The van der Waals surface area contributed by atoms with E-state index in [1.165, 1.54) is 10.6 Å². The number of nitrogens with one attached hydrogen (secondary N) is 1. The summed E-state index contributed by atoms with van der Waals surface area (Å²) in [5.41, 5.74) is 3.85. The van der Waals surface area contributed by atoms with Crippen molar-refractivity contribution in [1.29, 1.82) is 0 Å². The molecule has 7 nitrogen and oxygen atoms in total. The smallest absolute Gasteiger partial charge is 0.353 e. The molecule has 0 aliphatic carbocycles. The molecule has 2 aromatic heterocycles. The first-order valence-corrected chi connectivity index (χ1v) is 11.3. The van der Waals surface area contributed by atoms with Gasteiger partial charge in [0.25, 0.3) is 5.56 Å². The van der Waals surface area contributed by atoms with E-state index in [-0.39, 0.29) is 16.9 Å². The Balaban J connectivity index is 1.49. The number of fused-ring (bicyclic) bond motifs is 1. The molecule has 0 saturated heterocycles. The van der Waals surface area contributed by atoms with Gasteiger partial charge in [0, 0.05) is 17.2 Å². The molecule has 0 atom stereocenters. The van der Waals surface area contributed by atoms with Gasteiger partial charge in [-0.15, -0.1) is 0 Å². The summed E-state index contributed by atoms with van der Waals surface area (Å²) < 4.78 is 7.08. The highest BCUT2D eigenvalue weighted by molar-refractivity contribution is 5.86. The molecule has 0 saturated carbocycles. The molecule has 2 N–H and O–H groups in total. The van der Waals surface area contributed by atoms with Crippen LogP contribution in [0.4, 0.5) is 0 Å². The Morgan fingerprint density at radius 3 is 2.20 bits per heavy atom. The second-order valence-electron chi connectivity index (χ2n) is 8.20. The molecule has 0 bridgehead atoms. The van der Waals surface area contributed by atoms with Crippen LogP contribution in [0.5, 0.6) is 5.75 Å². The highest BCUT2D eigenvalue weighted by Gasteiger charge is 2.18. The summed E-state index contributed by atoms with van der Waals surface area (Å²) in [4.78, 5) is 29.5. The number of aromatic amines is 1. The van der Waals surface area contributed by atoms with Gasteiger partial charge in [0.1, 0.15) is 18.1 Å². The predicted octanol–water partition coefficient (Wildman–Crippen LogP) is 4.75. The fourth-order valence-electron chi connectivity index (χ4n) is 4.00. The molecule has 0 spiro atoms. The maximum Gasteiger partial charge on any atom is 0.353 e. The van der Waals surface area contributed by atoms with E-state index in [1.807, 2.05) is 84.9 Å².